The molecule has 0 radical (unpaired) electrons. The molecule has 5 rings (SSSR count). The van der Waals surface area contributed by atoms with Gasteiger partial charge in [0.1, 0.15) is 6.29 Å². The van der Waals surface area contributed by atoms with Crippen LogP contribution in [-0.4, -0.2) is 36.8 Å². The number of aromatic nitrogens is 2. The Balaban J connectivity index is 2.01. The van der Waals surface area contributed by atoms with E-state index in [1.165, 1.54) is 18.8 Å². The number of methoxy groups -OCH3 is 2. The molecule has 0 N–H and O–H groups in total. The number of aldehydes is 1. The molecule has 1 aliphatic heterocycles. The van der Waals surface area contributed by atoms with Crippen LogP contribution in [-0.2, 0) is 11.3 Å². The van der Waals surface area contributed by atoms with E-state index in [1.807, 2.05) is 0 Å². The number of fused-ring (bicyclic) bond motifs is 6. The lowest BCUT2D eigenvalue weighted by molar-refractivity contribution is -0.108. The van der Waals surface area contributed by atoms with Crippen molar-refractivity contribution in [2.45, 2.75) is 6.54 Å². The topological polar surface area (TPSA) is 88.9 Å². The highest BCUT2D eigenvalue weighted by molar-refractivity contribution is 6.15. The molecule has 8 nitrogen and oxygen atoms in total. The quantitative estimate of drug-likeness (QED) is 0.390. The monoisotopic (exact) mass is 392 g/mol. The molecule has 0 aliphatic carbocycles. The summed E-state index contributed by atoms with van der Waals surface area (Å²) < 4.78 is 23.1. The molecule has 29 heavy (non-hydrogen) atoms. The van der Waals surface area contributed by atoms with Gasteiger partial charge in [0.2, 0.25) is 6.79 Å². The van der Waals surface area contributed by atoms with Gasteiger partial charge in [0.25, 0.3) is 5.56 Å². The summed E-state index contributed by atoms with van der Waals surface area (Å²) in [6.45, 7) is 0.0395. The molecule has 3 heterocycles. The third-order valence-electron chi connectivity index (χ3n) is 5.15. The first-order chi connectivity index (χ1) is 14.2. The van der Waals surface area contributed by atoms with Crippen molar-refractivity contribution in [1.82, 2.24) is 9.55 Å². The van der Waals surface area contributed by atoms with E-state index >= 15 is 0 Å². The van der Waals surface area contributed by atoms with Gasteiger partial charge in [-0.1, -0.05) is 0 Å². The minimum absolute atomic E-state index is 0.0901. The Bertz CT molecular complexity index is 1380. The average Bonchev–Trinajstić information content (AvgIpc) is 3.21. The Labute approximate surface area is 164 Å². The highest BCUT2D eigenvalue weighted by Gasteiger charge is 2.20. The summed E-state index contributed by atoms with van der Waals surface area (Å²) in [4.78, 5) is 29.3. The Morgan fingerprint density at radius 2 is 1.69 bits per heavy atom. The van der Waals surface area contributed by atoms with Gasteiger partial charge >= 0.3 is 0 Å². The molecule has 0 atom stereocenters. The second-order valence-corrected chi connectivity index (χ2v) is 6.58. The van der Waals surface area contributed by atoms with Crippen LogP contribution >= 0.6 is 0 Å². The van der Waals surface area contributed by atoms with Crippen molar-refractivity contribution < 1.29 is 23.7 Å². The summed E-state index contributed by atoms with van der Waals surface area (Å²) in [5.41, 5.74) is 0.941. The third kappa shape index (κ3) is 2.42. The van der Waals surface area contributed by atoms with E-state index in [1.54, 1.807) is 30.5 Å². The third-order valence-corrected chi connectivity index (χ3v) is 5.15. The number of pyridine rings is 2. The second-order valence-electron chi connectivity index (χ2n) is 6.58. The second kappa shape index (κ2) is 6.37. The van der Waals surface area contributed by atoms with Gasteiger partial charge in [0, 0.05) is 28.4 Å². The van der Waals surface area contributed by atoms with Crippen LogP contribution in [0.3, 0.4) is 0 Å². The highest BCUT2D eigenvalue weighted by atomic mass is 16.7. The van der Waals surface area contributed by atoms with Crippen LogP contribution < -0.4 is 24.5 Å². The molecule has 1 aliphatic rings. The van der Waals surface area contributed by atoms with Crippen LogP contribution in [0.5, 0.6) is 23.0 Å². The lowest BCUT2D eigenvalue weighted by atomic mass is 10.0. The Morgan fingerprint density at radius 1 is 1.00 bits per heavy atom. The van der Waals surface area contributed by atoms with E-state index < -0.39 is 0 Å². The maximum Gasteiger partial charge on any atom is 0.259 e. The van der Waals surface area contributed by atoms with Crippen LogP contribution in [0.25, 0.3) is 32.6 Å². The summed E-state index contributed by atoms with van der Waals surface area (Å²) in [7, 11) is 3.04. The first kappa shape index (κ1) is 17.3. The minimum Gasteiger partial charge on any atom is -0.493 e. The molecule has 2 aromatic heterocycles. The largest absolute Gasteiger partial charge is 0.493 e. The molecule has 0 saturated heterocycles. The standard InChI is InChI=1S/C21H16N2O6/c1-26-16-5-11-12(6-17(16)27-2)21(25)23(3-4-24)20-13-7-18-19(29-10-28-18)8-15(13)22-9-14(11)20/h4-9H,3,10H2,1-2H3. The zero-order valence-corrected chi connectivity index (χ0v) is 15.7. The summed E-state index contributed by atoms with van der Waals surface area (Å²) in [5.74, 6) is 2.11. The summed E-state index contributed by atoms with van der Waals surface area (Å²) >= 11 is 0. The van der Waals surface area contributed by atoms with E-state index in [9.17, 15) is 9.59 Å². The molecular formula is C21H16N2O6. The molecule has 0 fully saturated rings. The smallest absolute Gasteiger partial charge is 0.259 e. The zero-order valence-electron chi connectivity index (χ0n) is 15.7. The SMILES string of the molecule is COc1cc2c(=O)n(CC=O)c3c4cc5c(cc4ncc3c2cc1OC)OCO5. The van der Waals surface area contributed by atoms with Crippen molar-refractivity contribution in [3.8, 4) is 23.0 Å². The van der Waals surface area contributed by atoms with E-state index in [4.69, 9.17) is 18.9 Å². The van der Waals surface area contributed by atoms with Crippen molar-refractivity contribution in [3.05, 3.63) is 40.8 Å². The maximum absolute atomic E-state index is 13.3. The number of rotatable bonds is 4. The Kier molecular flexibility index (Phi) is 3.80. The molecule has 0 saturated carbocycles. The van der Waals surface area contributed by atoms with Crippen molar-refractivity contribution >= 4 is 38.9 Å². The Morgan fingerprint density at radius 3 is 2.38 bits per heavy atom. The molecular weight excluding hydrogens is 376 g/mol. The van der Waals surface area contributed by atoms with Gasteiger partial charge < -0.3 is 23.7 Å². The Hall–Kier alpha value is -3.81. The van der Waals surface area contributed by atoms with Crippen molar-refractivity contribution in [2.24, 2.45) is 0 Å². The fraction of sp³-hybridized carbons (Fsp3) is 0.190. The molecule has 2 aromatic carbocycles. The van der Waals surface area contributed by atoms with Crippen LogP contribution in [0, 0.1) is 0 Å². The number of benzene rings is 2. The normalized spacial score (nSPS) is 12.6. The maximum atomic E-state index is 13.3. The van der Waals surface area contributed by atoms with Crippen molar-refractivity contribution in [2.75, 3.05) is 21.0 Å². The molecule has 4 aromatic rings. The summed E-state index contributed by atoms with van der Waals surface area (Å²) in [6, 6.07) is 6.94. The van der Waals surface area contributed by atoms with Crippen LogP contribution in [0.1, 0.15) is 0 Å². The summed E-state index contributed by atoms with van der Waals surface area (Å²) in [5, 5.41) is 2.49. The number of carbonyl (C=O) groups excluding carboxylic acids is 1. The van der Waals surface area contributed by atoms with E-state index in [0.29, 0.717) is 61.9 Å². The van der Waals surface area contributed by atoms with Gasteiger partial charge in [-0.15, -0.1) is 0 Å². The highest BCUT2D eigenvalue weighted by Crippen LogP contribution is 2.40. The van der Waals surface area contributed by atoms with E-state index in [2.05, 4.69) is 4.98 Å². The molecule has 0 unspecified atom stereocenters. The van der Waals surface area contributed by atoms with Gasteiger partial charge in [0.15, 0.2) is 23.0 Å². The molecule has 8 heteroatoms. The fourth-order valence-corrected chi connectivity index (χ4v) is 3.83. The van der Waals surface area contributed by atoms with Gasteiger partial charge in [0.05, 0.1) is 37.2 Å². The van der Waals surface area contributed by atoms with E-state index in [-0.39, 0.29) is 18.9 Å². The van der Waals surface area contributed by atoms with Crippen molar-refractivity contribution in [1.29, 1.82) is 0 Å². The average molecular weight is 392 g/mol. The fourth-order valence-electron chi connectivity index (χ4n) is 3.83. The predicted octanol–water partition coefficient (Wildman–Crippen LogP) is 2.65. The molecule has 0 amide bonds. The number of carbonyl (C=O) groups is 1. The zero-order chi connectivity index (χ0) is 20.1. The molecule has 0 spiro atoms. The summed E-state index contributed by atoms with van der Waals surface area (Å²) in [6.07, 6.45) is 2.39. The van der Waals surface area contributed by atoms with Crippen molar-refractivity contribution in [3.63, 3.8) is 0 Å². The number of ether oxygens (including phenoxy) is 4. The van der Waals surface area contributed by atoms with Crippen LogP contribution in [0.2, 0.25) is 0 Å². The first-order valence-corrected chi connectivity index (χ1v) is 8.90. The molecule has 0 bridgehead atoms. The first-order valence-electron chi connectivity index (χ1n) is 8.90. The van der Waals surface area contributed by atoms with Gasteiger partial charge in [-0.3, -0.25) is 14.3 Å². The van der Waals surface area contributed by atoms with Gasteiger partial charge in [-0.2, -0.15) is 0 Å². The van der Waals surface area contributed by atoms with Crippen LogP contribution in [0.15, 0.2) is 35.3 Å². The minimum atomic E-state index is -0.300. The molecule has 146 valence electrons. The predicted molar refractivity (Wildman–Crippen MR) is 106 cm³/mol. The number of nitrogens with zero attached hydrogens (tertiary/aromatic N) is 2. The number of hydrogen-bond acceptors (Lipinski definition) is 7. The van der Waals surface area contributed by atoms with Crippen LogP contribution in [0.4, 0.5) is 0 Å². The van der Waals surface area contributed by atoms with Gasteiger partial charge in [-0.05, 0) is 18.2 Å². The lowest BCUT2D eigenvalue weighted by Crippen LogP contribution is -2.22. The number of hydrogen-bond donors (Lipinski definition) is 0. The lowest BCUT2D eigenvalue weighted by Gasteiger charge is -2.15. The van der Waals surface area contributed by atoms with E-state index in [0.717, 1.165) is 0 Å². The van der Waals surface area contributed by atoms with Gasteiger partial charge in [-0.25, -0.2) is 0 Å².